The predicted molar refractivity (Wildman–Crippen MR) is 67.1 cm³/mol. The van der Waals surface area contributed by atoms with Crippen LogP contribution in [0.2, 0.25) is 0 Å². The van der Waals surface area contributed by atoms with E-state index in [-0.39, 0.29) is 11.6 Å². The van der Waals surface area contributed by atoms with Crippen LogP contribution in [0.25, 0.3) is 11.0 Å². The van der Waals surface area contributed by atoms with Crippen molar-refractivity contribution in [1.82, 2.24) is 9.55 Å². The number of ketones is 1. The minimum Gasteiger partial charge on any atom is -0.478 e. The molecule has 0 amide bonds. The number of Topliss-reactive ketones (excluding diaryl/α,β-unsaturated/α-hetero) is 1. The number of hydrogen-bond acceptors (Lipinski definition) is 4. The van der Waals surface area contributed by atoms with Crippen LogP contribution in [0.15, 0.2) is 36.4 Å². The molecular formula is C13H10N2O4. The van der Waals surface area contributed by atoms with Gasteiger partial charge in [0.25, 0.3) is 5.91 Å². The standard InChI is InChI=1S/C13H10N2O4/c1-8(16)13-14-9-4-2-3-5-10(9)15(13)11(17)6-7-12(18)19/h2-7H,1H3,(H,18,19)/b7-6-. The Balaban J connectivity index is 2.63. The van der Waals surface area contributed by atoms with Gasteiger partial charge in [0.05, 0.1) is 11.0 Å². The first-order valence-corrected chi connectivity index (χ1v) is 5.44. The van der Waals surface area contributed by atoms with Gasteiger partial charge in [-0.15, -0.1) is 0 Å². The maximum Gasteiger partial charge on any atom is 0.328 e. The average Bonchev–Trinajstić information content (AvgIpc) is 2.75. The fourth-order valence-electron chi connectivity index (χ4n) is 1.70. The van der Waals surface area contributed by atoms with Gasteiger partial charge in [0.15, 0.2) is 11.6 Å². The summed E-state index contributed by atoms with van der Waals surface area (Å²) >= 11 is 0. The zero-order valence-corrected chi connectivity index (χ0v) is 10.0. The molecule has 0 aliphatic carbocycles. The molecule has 19 heavy (non-hydrogen) atoms. The molecule has 2 rings (SSSR count). The number of aliphatic carboxylic acids is 1. The maximum atomic E-state index is 12.0. The van der Waals surface area contributed by atoms with E-state index in [4.69, 9.17) is 5.11 Å². The van der Waals surface area contributed by atoms with Crippen LogP contribution in [0.1, 0.15) is 22.3 Å². The number of carboxylic acids is 1. The number of fused-ring (bicyclic) bond motifs is 1. The van der Waals surface area contributed by atoms with Crippen LogP contribution in [0.5, 0.6) is 0 Å². The minimum atomic E-state index is -1.23. The molecule has 6 heteroatoms. The number of rotatable bonds is 3. The number of carbonyl (C=O) groups excluding carboxylic acids is 2. The van der Waals surface area contributed by atoms with E-state index >= 15 is 0 Å². The molecule has 1 heterocycles. The highest BCUT2D eigenvalue weighted by molar-refractivity contribution is 6.06. The minimum absolute atomic E-state index is 0.0127. The predicted octanol–water partition coefficient (Wildman–Crippen LogP) is 1.52. The summed E-state index contributed by atoms with van der Waals surface area (Å²) < 4.78 is 1.11. The van der Waals surface area contributed by atoms with E-state index < -0.39 is 11.9 Å². The molecule has 0 bridgehead atoms. The number of carboxylic acid groups (broad SMARTS) is 1. The first-order chi connectivity index (χ1) is 9.00. The second kappa shape index (κ2) is 4.85. The van der Waals surface area contributed by atoms with Gasteiger partial charge in [-0.3, -0.25) is 14.2 Å². The van der Waals surface area contributed by atoms with Gasteiger partial charge in [0.2, 0.25) is 0 Å². The summed E-state index contributed by atoms with van der Waals surface area (Å²) in [4.78, 5) is 38.0. The molecule has 6 nitrogen and oxygen atoms in total. The van der Waals surface area contributed by atoms with E-state index in [0.29, 0.717) is 11.0 Å². The normalized spacial score (nSPS) is 11.0. The quantitative estimate of drug-likeness (QED) is 0.666. The molecule has 1 N–H and O–H groups in total. The summed E-state index contributed by atoms with van der Waals surface area (Å²) in [6.07, 6.45) is 1.61. The molecule has 0 aliphatic rings. The number of allylic oxidation sites excluding steroid dienone is 1. The van der Waals surface area contributed by atoms with Crippen molar-refractivity contribution in [3.8, 4) is 0 Å². The number of aromatic nitrogens is 2. The smallest absolute Gasteiger partial charge is 0.328 e. The number of para-hydroxylation sites is 2. The highest BCUT2D eigenvalue weighted by Crippen LogP contribution is 2.16. The number of carbonyl (C=O) groups is 3. The Hall–Kier alpha value is -2.76. The van der Waals surface area contributed by atoms with Gasteiger partial charge in [-0.25, -0.2) is 9.78 Å². The number of benzene rings is 1. The van der Waals surface area contributed by atoms with Gasteiger partial charge in [-0.2, -0.15) is 0 Å². The Morgan fingerprint density at radius 3 is 2.53 bits per heavy atom. The van der Waals surface area contributed by atoms with Crippen molar-refractivity contribution in [1.29, 1.82) is 0 Å². The second-order valence-corrected chi connectivity index (χ2v) is 3.83. The average molecular weight is 258 g/mol. The van der Waals surface area contributed by atoms with E-state index in [1.165, 1.54) is 6.92 Å². The Kier molecular flexibility index (Phi) is 3.24. The monoisotopic (exact) mass is 258 g/mol. The highest BCUT2D eigenvalue weighted by Gasteiger charge is 2.17. The SMILES string of the molecule is CC(=O)c1nc2ccccc2n1C(=O)/C=C\C(=O)O. The van der Waals surface area contributed by atoms with E-state index in [9.17, 15) is 14.4 Å². The van der Waals surface area contributed by atoms with Crippen LogP contribution in [-0.2, 0) is 4.79 Å². The van der Waals surface area contributed by atoms with E-state index in [1.54, 1.807) is 24.3 Å². The van der Waals surface area contributed by atoms with Crippen molar-refractivity contribution < 1.29 is 19.5 Å². The Labute approximate surface area is 108 Å². The Morgan fingerprint density at radius 1 is 1.21 bits per heavy atom. The van der Waals surface area contributed by atoms with Crippen LogP contribution < -0.4 is 0 Å². The molecular weight excluding hydrogens is 248 g/mol. The van der Waals surface area contributed by atoms with Crippen LogP contribution >= 0.6 is 0 Å². The van der Waals surface area contributed by atoms with Gasteiger partial charge < -0.3 is 5.11 Å². The summed E-state index contributed by atoms with van der Waals surface area (Å²) in [5, 5.41) is 8.52. The van der Waals surface area contributed by atoms with Crippen LogP contribution in [0, 0.1) is 0 Å². The van der Waals surface area contributed by atoms with Gasteiger partial charge in [0.1, 0.15) is 0 Å². The fraction of sp³-hybridized carbons (Fsp3) is 0.0769. The van der Waals surface area contributed by atoms with Crippen molar-refractivity contribution >= 4 is 28.7 Å². The van der Waals surface area contributed by atoms with Gasteiger partial charge in [0, 0.05) is 19.1 Å². The molecule has 96 valence electrons. The van der Waals surface area contributed by atoms with Gasteiger partial charge in [-0.05, 0) is 12.1 Å². The van der Waals surface area contributed by atoms with Crippen molar-refractivity contribution in [2.45, 2.75) is 6.92 Å². The molecule has 1 aromatic heterocycles. The lowest BCUT2D eigenvalue weighted by Gasteiger charge is -2.01. The van der Waals surface area contributed by atoms with Crippen molar-refractivity contribution in [3.05, 3.63) is 42.2 Å². The summed E-state index contributed by atoms with van der Waals surface area (Å²) in [6.45, 7) is 1.30. The molecule has 0 radical (unpaired) electrons. The Bertz CT molecular complexity index is 713. The number of hydrogen-bond donors (Lipinski definition) is 1. The zero-order chi connectivity index (χ0) is 14.0. The molecule has 0 saturated heterocycles. The summed E-state index contributed by atoms with van der Waals surface area (Å²) in [7, 11) is 0. The number of nitrogens with zero attached hydrogens (tertiary/aromatic N) is 2. The zero-order valence-electron chi connectivity index (χ0n) is 10.0. The second-order valence-electron chi connectivity index (χ2n) is 3.83. The lowest BCUT2D eigenvalue weighted by molar-refractivity contribution is -0.131. The first kappa shape index (κ1) is 12.7. The Morgan fingerprint density at radius 2 is 1.89 bits per heavy atom. The summed E-state index contributed by atoms with van der Waals surface area (Å²) in [5.74, 6) is -2.24. The molecule has 0 saturated carbocycles. The summed E-state index contributed by atoms with van der Waals surface area (Å²) in [6, 6.07) is 6.76. The molecule has 0 spiro atoms. The molecule has 1 aromatic carbocycles. The third-order valence-electron chi connectivity index (χ3n) is 2.46. The van der Waals surface area contributed by atoms with Crippen molar-refractivity contribution in [3.63, 3.8) is 0 Å². The van der Waals surface area contributed by atoms with Gasteiger partial charge in [-0.1, -0.05) is 12.1 Å². The number of imidazole rings is 1. The van der Waals surface area contributed by atoms with Crippen LogP contribution in [0.3, 0.4) is 0 Å². The van der Waals surface area contributed by atoms with Gasteiger partial charge >= 0.3 is 5.97 Å². The highest BCUT2D eigenvalue weighted by atomic mass is 16.4. The van der Waals surface area contributed by atoms with Crippen molar-refractivity contribution in [2.24, 2.45) is 0 Å². The lowest BCUT2D eigenvalue weighted by atomic mass is 10.3. The largest absolute Gasteiger partial charge is 0.478 e. The van der Waals surface area contributed by atoms with Crippen LogP contribution in [-0.4, -0.2) is 32.3 Å². The third-order valence-corrected chi connectivity index (χ3v) is 2.46. The topological polar surface area (TPSA) is 89.3 Å². The molecule has 0 aliphatic heterocycles. The fourth-order valence-corrected chi connectivity index (χ4v) is 1.70. The molecule has 0 fully saturated rings. The van der Waals surface area contributed by atoms with Crippen molar-refractivity contribution in [2.75, 3.05) is 0 Å². The molecule has 2 aromatic rings. The summed E-state index contributed by atoms with van der Waals surface area (Å²) in [5.41, 5.74) is 0.970. The first-order valence-electron chi connectivity index (χ1n) is 5.44. The van der Waals surface area contributed by atoms with Crippen LogP contribution in [0.4, 0.5) is 0 Å². The molecule has 0 atom stereocenters. The lowest BCUT2D eigenvalue weighted by Crippen LogP contribution is -2.14. The van der Waals surface area contributed by atoms with E-state index in [0.717, 1.165) is 16.7 Å². The van der Waals surface area contributed by atoms with E-state index in [2.05, 4.69) is 4.98 Å². The maximum absolute atomic E-state index is 12.0. The third kappa shape index (κ3) is 2.42. The van der Waals surface area contributed by atoms with E-state index in [1.807, 2.05) is 0 Å². The molecule has 0 unspecified atom stereocenters.